The predicted molar refractivity (Wildman–Crippen MR) is 124 cm³/mol. The Morgan fingerprint density at radius 1 is 1.07 bits per heavy atom. The lowest BCUT2D eigenvalue weighted by Gasteiger charge is -2.43. The number of aryl methyl sites for hydroxylation is 1. The van der Waals surface area contributed by atoms with Gasteiger partial charge in [-0.05, 0) is 52.5 Å². The first kappa shape index (κ1) is 21.2. The summed E-state index contributed by atoms with van der Waals surface area (Å²) in [5, 5.41) is 0. The zero-order valence-electron chi connectivity index (χ0n) is 18.5. The largest absolute Gasteiger partial charge is 0.502 e. The molecule has 2 heteroatoms. The third-order valence-electron chi connectivity index (χ3n) is 5.91. The van der Waals surface area contributed by atoms with Crippen LogP contribution in [0.3, 0.4) is 0 Å². The second-order valence-corrected chi connectivity index (χ2v) is 9.27. The summed E-state index contributed by atoms with van der Waals surface area (Å²) in [5.41, 5.74) is 6.83. The predicted octanol–water partition coefficient (Wildman–Crippen LogP) is 6.22. The summed E-state index contributed by atoms with van der Waals surface area (Å²) in [6.07, 6.45) is 2.95. The molecule has 0 atom stereocenters. The minimum atomic E-state index is 0.193. The van der Waals surface area contributed by atoms with E-state index < -0.39 is 0 Å². The second-order valence-electron chi connectivity index (χ2n) is 9.27. The van der Waals surface area contributed by atoms with Crippen molar-refractivity contribution in [2.75, 3.05) is 20.2 Å². The van der Waals surface area contributed by atoms with Crippen LogP contribution in [0.5, 0.6) is 0 Å². The highest BCUT2D eigenvalue weighted by Gasteiger charge is 2.29. The first-order valence-electron chi connectivity index (χ1n) is 10.6. The molecule has 0 radical (unpaired) electrons. The molecule has 0 spiro atoms. The highest BCUT2D eigenvalue weighted by Crippen LogP contribution is 2.32. The van der Waals surface area contributed by atoms with Gasteiger partial charge in [-0.1, -0.05) is 76.4 Å². The number of benzene rings is 2. The van der Waals surface area contributed by atoms with Gasteiger partial charge < -0.3 is 9.64 Å². The van der Waals surface area contributed by atoms with Crippen molar-refractivity contribution < 1.29 is 4.74 Å². The summed E-state index contributed by atoms with van der Waals surface area (Å²) < 4.78 is 5.18. The molecule has 29 heavy (non-hydrogen) atoms. The molecule has 2 aromatic carbocycles. The fraction of sp³-hybridized carbons (Fsp3) is 0.407. The lowest BCUT2D eigenvalue weighted by Crippen LogP contribution is -2.46. The van der Waals surface area contributed by atoms with Crippen LogP contribution in [0.15, 0.2) is 67.4 Å². The Bertz CT molecular complexity index is 868. The molecular formula is C27H35NO. The normalized spacial score (nSPS) is 14.4. The Morgan fingerprint density at radius 3 is 2.48 bits per heavy atom. The maximum absolute atomic E-state index is 5.18. The van der Waals surface area contributed by atoms with Gasteiger partial charge >= 0.3 is 0 Å². The van der Waals surface area contributed by atoms with Gasteiger partial charge in [-0.25, -0.2) is 0 Å². The zero-order valence-corrected chi connectivity index (χ0v) is 18.5. The number of rotatable bonds is 8. The van der Waals surface area contributed by atoms with Crippen molar-refractivity contribution in [3.05, 3.63) is 89.7 Å². The Hall–Kier alpha value is -2.48. The summed E-state index contributed by atoms with van der Waals surface area (Å²) in [6, 6.07) is 17.6. The lowest BCUT2D eigenvalue weighted by molar-refractivity contribution is 0.174. The number of hydrogen-bond donors (Lipinski definition) is 0. The van der Waals surface area contributed by atoms with Gasteiger partial charge in [0.1, 0.15) is 0 Å². The van der Waals surface area contributed by atoms with Crippen molar-refractivity contribution in [2.45, 2.75) is 45.4 Å². The standard InChI is InChI=1S/C27H35NO/c1-20(29-6)14-15-22-10-9-12-24(16-22)21(2)28-18-23(19-28)17-25-11-7-8-13-26(25)27(3,4)5/h7-13,16,23H,1-2,14-15,17-19H2,3-6H3. The van der Waals surface area contributed by atoms with Crippen molar-refractivity contribution in [1.29, 1.82) is 0 Å². The fourth-order valence-corrected chi connectivity index (χ4v) is 4.14. The lowest BCUT2D eigenvalue weighted by atomic mass is 9.80. The van der Waals surface area contributed by atoms with Gasteiger partial charge in [0.25, 0.3) is 0 Å². The van der Waals surface area contributed by atoms with E-state index in [2.05, 4.69) is 87.4 Å². The number of ether oxygens (including phenoxy) is 1. The van der Waals surface area contributed by atoms with Gasteiger partial charge in [0.05, 0.1) is 12.9 Å². The Balaban J connectivity index is 1.58. The van der Waals surface area contributed by atoms with Crippen molar-refractivity contribution in [2.24, 2.45) is 5.92 Å². The van der Waals surface area contributed by atoms with Crippen molar-refractivity contribution in [1.82, 2.24) is 4.90 Å². The first-order chi connectivity index (χ1) is 13.8. The van der Waals surface area contributed by atoms with Crippen LogP contribution < -0.4 is 0 Å². The maximum atomic E-state index is 5.18. The van der Waals surface area contributed by atoms with Crippen LogP contribution in [0.2, 0.25) is 0 Å². The molecule has 0 unspecified atom stereocenters. The van der Waals surface area contributed by atoms with E-state index in [4.69, 9.17) is 4.74 Å². The smallest absolute Gasteiger partial charge is 0.0887 e. The van der Waals surface area contributed by atoms with E-state index >= 15 is 0 Å². The highest BCUT2D eigenvalue weighted by atomic mass is 16.5. The molecule has 2 aromatic rings. The Kier molecular flexibility index (Phi) is 6.52. The van der Waals surface area contributed by atoms with Gasteiger partial charge in [0.2, 0.25) is 0 Å². The number of likely N-dealkylation sites (tertiary alicyclic amines) is 1. The van der Waals surface area contributed by atoms with E-state index in [0.717, 1.165) is 43.8 Å². The molecule has 1 heterocycles. The molecule has 0 aromatic heterocycles. The molecule has 154 valence electrons. The molecule has 0 saturated carbocycles. The summed E-state index contributed by atoms with van der Waals surface area (Å²) in [6.45, 7) is 17.4. The molecule has 2 nitrogen and oxygen atoms in total. The van der Waals surface area contributed by atoms with E-state index in [9.17, 15) is 0 Å². The molecule has 0 bridgehead atoms. The average molecular weight is 390 g/mol. The van der Waals surface area contributed by atoms with E-state index in [1.54, 1.807) is 7.11 Å². The van der Waals surface area contributed by atoms with Crippen LogP contribution in [0.1, 0.15) is 49.4 Å². The van der Waals surface area contributed by atoms with E-state index in [1.165, 1.54) is 22.3 Å². The summed E-state index contributed by atoms with van der Waals surface area (Å²) >= 11 is 0. The van der Waals surface area contributed by atoms with E-state index in [1.807, 2.05) is 0 Å². The number of methoxy groups -OCH3 is 1. The van der Waals surface area contributed by atoms with E-state index in [0.29, 0.717) is 5.92 Å². The maximum Gasteiger partial charge on any atom is 0.0887 e. The SMILES string of the molecule is C=C(CCc1cccc(C(=C)N2CC(Cc3ccccc3C(C)(C)C)C2)c1)OC. The molecule has 0 aliphatic carbocycles. The highest BCUT2D eigenvalue weighted by molar-refractivity contribution is 5.63. The number of hydrogen-bond acceptors (Lipinski definition) is 2. The third-order valence-corrected chi connectivity index (χ3v) is 5.91. The second kappa shape index (κ2) is 8.90. The van der Waals surface area contributed by atoms with Crippen LogP contribution in [0, 0.1) is 5.92 Å². The van der Waals surface area contributed by atoms with Crippen molar-refractivity contribution in [3.63, 3.8) is 0 Å². The molecule has 1 aliphatic rings. The number of allylic oxidation sites excluding steroid dienone is 1. The van der Waals surface area contributed by atoms with Crippen LogP contribution in [-0.2, 0) is 23.0 Å². The molecule has 0 amide bonds. The van der Waals surface area contributed by atoms with Crippen LogP contribution in [0.4, 0.5) is 0 Å². The summed E-state index contributed by atoms with van der Waals surface area (Å²) in [5.74, 6) is 1.53. The van der Waals surface area contributed by atoms with Gasteiger partial charge in [-0.15, -0.1) is 0 Å². The first-order valence-corrected chi connectivity index (χ1v) is 10.6. The Morgan fingerprint density at radius 2 is 1.79 bits per heavy atom. The van der Waals surface area contributed by atoms with E-state index in [-0.39, 0.29) is 5.41 Å². The van der Waals surface area contributed by atoms with Gasteiger partial charge in [-0.3, -0.25) is 0 Å². The Labute approximate surface area is 176 Å². The summed E-state index contributed by atoms with van der Waals surface area (Å²) in [4.78, 5) is 2.41. The van der Waals surface area contributed by atoms with Gasteiger partial charge in [0, 0.05) is 25.2 Å². The minimum Gasteiger partial charge on any atom is -0.502 e. The fourth-order valence-electron chi connectivity index (χ4n) is 4.14. The quantitative estimate of drug-likeness (QED) is 0.497. The van der Waals surface area contributed by atoms with Gasteiger partial charge in [0.15, 0.2) is 0 Å². The van der Waals surface area contributed by atoms with Crippen LogP contribution in [0.25, 0.3) is 5.70 Å². The zero-order chi connectivity index (χ0) is 21.0. The molecule has 1 fully saturated rings. The molecular weight excluding hydrogens is 354 g/mol. The van der Waals surface area contributed by atoms with Crippen LogP contribution in [-0.4, -0.2) is 25.1 Å². The van der Waals surface area contributed by atoms with Crippen LogP contribution >= 0.6 is 0 Å². The van der Waals surface area contributed by atoms with Crippen molar-refractivity contribution in [3.8, 4) is 0 Å². The topological polar surface area (TPSA) is 12.5 Å². The van der Waals surface area contributed by atoms with Crippen molar-refractivity contribution >= 4 is 5.70 Å². The number of nitrogens with zero attached hydrogens (tertiary/aromatic N) is 1. The third kappa shape index (κ3) is 5.32. The summed E-state index contributed by atoms with van der Waals surface area (Å²) in [7, 11) is 1.68. The monoisotopic (exact) mass is 389 g/mol. The molecule has 3 rings (SSSR count). The molecule has 1 aliphatic heterocycles. The average Bonchev–Trinajstić information content (AvgIpc) is 2.67. The molecule has 1 saturated heterocycles. The van der Waals surface area contributed by atoms with Gasteiger partial charge in [-0.2, -0.15) is 0 Å². The minimum absolute atomic E-state index is 0.193. The molecule has 0 N–H and O–H groups in total.